The second kappa shape index (κ2) is 6.69. The van der Waals surface area contributed by atoms with Gasteiger partial charge in [0.05, 0.1) is 11.9 Å². The molecule has 0 aliphatic carbocycles. The maximum absolute atomic E-state index is 6.06. The van der Waals surface area contributed by atoms with Crippen LogP contribution in [0.1, 0.15) is 63.6 Å². The lowest BCUT2D eigenvalue weighted by molar-refractivity contribution is 0.479. The first-order valence-corrected chi connectivity index (χ1v) is 6.49. The van der Waals surface area contributed by atoms with Crippen molar-refractivity contribution in [2.45, 2.75) is 65.5 Å². The number of aromatic nitrogens is 2. The van der Waals surface area contributed by atoms with E-state index in [1.807, 2.05) is 6.92 Å². The first-order chi connectivity index (χ1) is 7.69. The Hall–Kier alpha value is -0.830. The van der Waals surface area contributed by atoms with Gasteiger partial charge >= 0.3 is 0 Å². The number of nitrogens with zero attached hydrogens (tertiary/aromatic N) is 2. The molecule has 16 heavy (non-hydrogen) atoms. The summed E-state index contributed by atoms with van der Waals surface area (Å²) in [5.41, 5.74) is 7.14. The lowest BCUT2D eigenvalue weighted by Gasteiger charge is -2.14. The van der Waals surface area contributed by atoms with Crippen LogP contribution in [0.2, 0.25) is 0 Å². The highest BCUT2D eigenvalue weighted by atomic mass is 15.2. The quantitative estimate of drug-likeness (QED) is 0.721. The van der Waals surface area contributed by atoms with E-state index < -0.39 is 0 Å². The molecule has 0 fully saturated rings. The number of unbranched alkanes of at least 4 members (excludes halogenated alkanes) is 3. The molecule has 1 heterocycles. The Morgan fingerprint density at radius 3 is 2.69 bits per heavy atom. The monoisotopic (exact) mass is 223 g/mol. The van der Waals surface area contributed by atoms with E-state index in [1.165, 1.54) is 25.7 Å². The van der Waals surface area contributed by atoms with Crippen molar-refractivity contribution in [2.75, 3.05) is 0 Å². The van der Waals surface area contributed by atoms with Gasteiger partial charge in [-0.15, -0.1) is 0 Å². The van der Waals surface area contributed by atoms with Crippen molar-refractivity contribution < 1.29 is 0 Å². The van der Waals surface area contributed by atoms with Gasteiger partial charge < -0.3 is 10.3 Å². The van der Waals surface area contributed by atoms with Gasteiger partial charge in [0.15, 0.2) is 0 Å². The Labute approximate surface area is 99.1 Å². The second-order valence-electron chi connectivity index (χ2n) is 4.49. The van der Waals surface area contributed by atoms with Crippen LogP contribution in [-0.4, -0.2) is 9.55 Å². The summed E-state index contributed by atoms with van der Waals surface area (Å²) < 4.78 is 2.14. The molecule has 1 rings (SSSR count). The molecule has 1 aromatic rings. The lowest BCUT2D eigenvalue weighted by atomic mass is 10.1. The highest BCUT2D eigenvalue weighted by molar-refractivity contribution is 5.03. The third-order valence-corrected chi connectivity index (χ3v) is 2.96. The van der Waals surface area contributed by atoms with E-state index in [0.29, 0.717) is 0 Å². The minimum absolute atomic E-state index is 0.0855. The molecule has 0 spiro atoms. The summed E-state index contributed by atoms with van der Waals surface area (Å²) in [6.07, 6.45) is 9.29. The Morgan fingerprint density at radius 1 is 1.31 bits per heavy atom. The van der Waals surface area contributed by atoms with E-state index in [0.717, 1.165) is 24.4 Å². The Kier molecular flexibility index (Phi) is 5.53. The van der Waals surface area contributed by atoms with Crippen molar-refractivity contribution in [3.63, 3.8) is 0 Å². The molecule has 0 saturated carbocycles. The van der Waals surface area contributed by atoms with Crippen LogP contribution in [-0.2, 0) is 6.42 Å². The summed E-state index contributed by atoms with van der Waals surface area (Å²) >= 11 is 0. The predicted octanol–water partition coefficient (Wildman–Crippen LogP) is 3.18. The fourth-order valence-corrected chi connectivity index (χ4v) is 1.94. The van der Waals surface area contributed by atoms with Gasteiger partial charge in [-0.1, -0.05) is 33.1 Å². The number of hydrogen-bond acceptors (Lipinski definition) is 2. The van der Waals surface area contributed by atoms with Gasteiger partial charge in [-0.2, -0.15) is 0 Å². The molecule has 3 nitrogen and oxygen atoms in total. The van der Waals surface area contributed by atoms with Gasteiger partial charge in [0.25, 0.3) is 0 Å². The Balaban J connectivity index is 2.56. The molecule has 0 amide bonds. The third-order valence-electron chi connectivity index (χ3n) is 2.96. The summed E-state index contributed by atoms with van der Waals surface area (Å²) in [5.74, 6) is 1.16. The number of hydrogen-bond donors (Lipinski definition) is 1. The minimum atomic E-state index is 0.0855. The number of rotatable bonds is 7. The van der Waals surface area contributed by atoms with E-state index in [4.69, 9.17) is 5.73 Å². The molecular formula is C13H25N3. The number of nitrogens with two attached hydrogens (primary N) is 1. The van der Waals surface area contributed by atoms with Crippen molar-refractivity contribution in [3.05, 3.63) is 17.7 Å². The van der Waals surface area contributed by atoms with E-state index in [-0.39, 0.29) is 6.17 Å². The van der Waals surface area contributed by atoms with Crippen LogP contribution in [0.4, 0.5) is 0 Å². The Morgan fingerprint density at radius 2 is 2.06 bits per heavy atom. The third kappa shape index (κ3) is 3.63. The van der Waals surface area contributed by atoms with Crippen LogP contribution in [0.5, 0.6) is 0 Å². The zero-order valence-corrected chi connectivity index (χ0v) is 10.9. The van der Waals surface area contributed by atoms with Gasteiger partial charge in [0.2, 0.25) is 0 Å². The van der Waals surface area contributed by atoms with Gasteiger partial charge in [-0.25, -0.2) is 4.98 Å². The maximum atomic E-state index is 6.06. The van der Waals surface area contributed by atoms with Crippen LogP contribution >= 0.6 is 0 Å². The van der Waals surface area contributed by atoms with Crippen molar-refractivity contribution in [3.8, 4) is 0 Å². The van der Waals surface area contributed by atoms with Gasteiger partial charge in [0, 0.05) is 12.6 Å². The largest absolute Gasteiger partial charge is 0.319 e. The average Bonchev–Trinajstić information content (AvgIpc) is 2.65. The van der Waals surface area contributed by atoms with Crippen LogP contribution in [0.3, 0.4) is 0 Å². The van der Waals surface area contributed by atoms with Crippen LogP contribution in [0, 0.1) is 6.92 Å². The molecule has 2 N–H and O–H groups in total. The first-order valence-electron chi connectivity index (χ1n) is 6.49. The molecule has 1 atom stereocenters. The van der Waals surface area contributed by atoms with Crippen molar-refractivity contribution in [1.29, 1.82) is 0 Å². The summed E-state index contributed by atoms with van der Waals surface area (Å²) in [6, 6.07) is 0. The normalized spacial score (nSPS) is 13.0. The SMILES string of the molecule is CCCCCCc1nc(C)cn1C(N)CC. The van der Waals surface area contributed by atoms with Gasteiger partial charge in [-0.3, -0.25) is 0 Å². The average molecular weight is 223 g/mol. The smallest absolute Gasteiger partial charge is 0.110 e. The number of imidazole rings is 1. The molecular weight excluding hydrogens is 198 g/mol. The van der Waals surface area contributed by atoms with Crippen LogP contribution < -0.4 is 5.73 Å². The zero-order chi connectivity index (χ0) is 12.0. The summed E-state index contributed by atoms with van der Waals surface area (Å²) in [4.78, 5) is 4.56. The summed E-state index contributed by atoms with van der Waals surface area (Å²) in [7, 11) is 0. The van der Waals surface area contributed by atoms with Crippen molar-refractivity contribution in [2.24, 2.45) is 5.73 Å². The van der Waals surface area contributed by atoms with Crippen LogP contribution in [0.25, 0.3) is 0 Å². The molecule has 1 unspecified atom stereocenters. The van der Waals surface area contributed by atoms with E-state index in [2.05, 4.69) is 29.6 Å². The van der Waals surface area contributed by atoms with E-state index in [1.54, 1.807) is 0 Å². The van der Waals surface area contributed by atoms with Crippen molar-refractivity contribution in [1.82, 2.24) is 9.55 Å². The predicted molar refractivity (Wildman–Crippen MR) is 68.3 cm³/mol. The maximum Gasteiger partial charge on any atom is 0.110 e. The molecule has 0 bridgehead atoms. The van der Waals surface area contributed by atoms with Crippen molar-refractivity contribution >= 4 is 0 Å². The molecule has 1 aromatic heterocycles. The minimum Gasteiger partial charge on any atom is -0.319 e. The highest BCUT2D eigenvalue weighted by Crippen LogP contribution is 2.13. The molecule has 0 aliphatic rings. The molecule has 0 aromatic carbocycles. The second-order valence-corrected chi connectivity index (χ2v) is 4.49. The van der Waals surface area contributed by atoms with Gasteiger partial charge in [-0.05, 0) is 19.8 Å². The Bertz CT molecular complexity index is 304. The van der Waals surface area contributed by atoms with Gasteiger partial charge in [0.1, 0.15) is 5.82 Å². The van der Waals surface area contributed by atoms with Crippen LogP contribution in [0.15, 0.2) is 6.20 Å². The highest BCUT2D eigenvalue weighted by Gasteiger charge is 2.09. The zero-order valence-electron chi connectivity index (χ0n) is 10.9. The fraction of sp³-hybridized carbons (Fsp3) is 0.769. The molecule has 92 valence electrons. The standard InChI is InChI=1S/C13H25N3/c1-4-6-7-8-9-13-15-11(3)10-16(13)12(14)5-2/h10,12H,4-9,14H2,1-3H3. The molecule has 0 radical (unpaired) electrons. The summed E-state index contributed by atoms with van der Waals surface area (Å²) in [6.45, 7) is 6.38. The van der Waals surface area contributed by atoms with E-state index in [9.17, 15) is 0 Å². The number of aryl methyl sites for hydroxylation is 2. The molecule has 3 heteroatoms. The summed E-state index contributed by atoms with van der Waals surface area (Å²) in [5, 5.41) is 0. The first kappa shape index (κ1) is 13.2. The lowest BCUT2D eigenvalue weighted by Crippen LogP contribution is -2.19. The molecule has 0 aliphatic heterocycles. The molecule has 0 saturated heterocycles. The fourth-order valence-electron chi connectivity index (χ4n) is 1.94. The van der Waals surface area contributed by atoms with E-state index >= 15 is 0 Å². The topological polar surface area (TPSA) is 43.8 Å².